The number of alkyl carbamates (subject to hydrolysis) is 2. The lowest BCUT2D eigenvalue weighted by Gasteiger charge is -2.66. The molecule has 0 aromatic heterocycles. The molecule has 9 nitrogen and oxygen atoms in total. The highest BCUT2D eigenvalue weighted by Crippen LogP contribution is 2.71. The SMILES string of the molecule is CCOC(=O)NCCCCCCNC(=O)NCCC[Si]12C(C)CC1CC2C.CCOC(=O)NCCC[Si]12C(C)CC1CC2C. The van der Waals surface area contributed by atoms with Crippen molar-refractivity contribution in [3.63, 3.8) is 0 Å². The molecule has 0 radical (unpaired) electrons. The number of urea groups is 1. The number of hydrogen-bond donors (Lipinski definition) is 4. The van der Waals surface area contributed by atoms with E-state index in [2.05, 4.69) is 49.0 Å². The summed E-state index contributed by atoms with van der Waals surface area (Å²) in [7, 11) is -1.87. The van der Waals surface area contributed by atoms with E-state index < -0.39 is 16.1 Å². The van der Waals surface area contributed by atoms with Crippen LogP contribution in [0.1, 0.15) is 106 Å². The van der Waals surface area contributed by atoms with Gasteiger partial charge in [-0.3, -0.25) is 0 Å². The average molecular weight is 653 g/mol. The molecule has 4 amide bonds. The number of carbonyl (C=O) groups excluding carboxylic acids is 3. The maximum absolute atomic E-state index is 11.9. The summed E-state index contributed by atoms with van der Waals surface area (Å²) in [4.78, 5) is 34.1. The van der Waals surface area contributed by atoms with Crippen molar-refractivity contribution >= 4 is 34.4 Å². The molecule has 0 aliphatic carbocycles. The largest absolute Gasteiger partial charge is 0.450 e. The molecule has 44 heavy (non-hydrogen) atoms. The van der Waals surface area contributed by atoms with Crippen LogP contribution in [0.25, 0.3) is 0 Å². The van der Waals surface area contributed by atoms with Crippen molar-refractivity contribution in [3.05, 3.63) is 0 Å². The van der Waals surface area contributed by atoms with E-state index >= 15 is 0 Å². The number of amides is 4. The third kappa shape index (κ3) is 8.94. The molecule has 254 valence electrons. The molecule has 4 aliphatic heterocycles. The Balaban J connectivity index is 0.000000266. The van der Waals surface area contributed by atoms with Crippen LogP contribution in [0.15, 0.2) is 0 Å². The quantitative estimate of drug-likeness (QED) is 0.0941. The fraction of sp³-hybridized carbons (Fsp3) is 0.909. The Kier molecular flexibility index (Phi) is 14.9. The summed E-state index contributed by atoms with van der Waals surface area (Å²) in [6, 6.07) is 2.78. The van der Waals surface area contributed by atoms with Crippen molar-refractivity contribution < 1.29 is 23.9 Å². The zero-order valence-electron chi connectivity index (χ0n) is 28.7. The Bertz CT molecular complexity index is 882. The summed E-state index contributed by atoms with van der Waals surface area (Å²) in [6.45, 7) is 17.3. The molecule has 0 aromatic rings. The average Bonchev–Trinajstić information content (AvgIpc) is 2.98. The van der Waals surface area contributed by atoms with E-state index in [1.54, 1.807) is 6.92 Å². The van der Waals surface area contributed by atoms with E-state index in [1.807, 2.05) is 6.92 Å². The Morgan fingerprint density at radius 2 is 0.886 bits per heavy atom. The van der Waals surface area contributed by atoms with Crippen LogP contribution in [0.5, 0.6) is 0 Å². The number of hydrogen-bond acceptors (Lipinski definition) is 5. The highest BCUT2D eigenvalue weighted by molar-refractivity contribution is 6.89. The van der Waals surface area contributed by atoms with Crippen LogP contribution in [-0.2, 0) is 9.47 Å². The lowest BCUT2D eigenvalue weighted by molar-refractivity contribution is 0.151. The van der Waals surface area contributed by atoms with Crippen LogP contribution in [-0.4, -0.2) is 73.8 Å². The van der Waals surface area contributed by atoms with Crippen LogP contribution < -0.4 is 21.3 Å². The van der Waals surface area contributed by atoms with Gasteiger partial charge in [0.25, 0.3) is 0 Å². The Morgan fingerprint density at radius 3 is 1.23 bits per heavy atom. The van der Waals surface area contributed by atoms with Gasteiger partial charge in [-0.25, -0.2) is 14.4 Å². The molecule has 4 heterocycles. The summed E-state index contributed by atoms with van der Waals surface area (Å²) in [6.07, 6.45) is 11.6. The van der Waals surface area contributed by atoms with Crippen LogP contribution in [0, 0.1) is 0 Å². The summed E-state index contributed by atoms with van der Waals surface area (Å²) < 4.78 is 9.65. The second-order valence-electron chi connectivity index (χ2n) is 14.3. The lowest BCUT2D eigenvalue weighted by atomic mass is 10.1. The molecule has 4 unspecified atom stereocenters. The molecule has 0 saturated carbocycles. The van der Waals surface area contributed by atoms with Crippen molar-refractivity contribution in [2.45, 2.75) is 151 Å². The van der Waals surface area contributed by atoms with Gasteiger partial charge >= 0.3 is 18.2 Å². The van der Waals surface area contributed by atoms with E-state index in [4.69, 9.17) is 9.47 Å². The van der Waals surface area contributed by atoms with Gasteiger partial charge in [-0.1, -0.05) is 78.3 Å². The molecule has 0 bridgehead atoms. The van der Waals surface area contributed by atoms with E-state index in [-0.39, 0.29) is 18.2 Å². The molecule has 4 fully saturated rings. The smallest absolute Gasteiger partial charge is 0.407 e. The monoisotopic (exact) mass is 652 g/mol. The fourth-order valence-electron chi connectivity index (χ4n) is 9.59. The van der Waals surface area contributed by atoms with E-state index in [9.17, 15) is 14.4 Å². The minimum Gasteiger partial charge on any atom is -0.450 e. The summed E-state index contributed by atoms with van der Waals surface area (Å²) >= 11 is 0. The molecule has 0 aromatic carbocycles. The van der Waals surface area contributed by atoms with Crippen LogP contribution in [0.4, 0.5) is 14.4 Å². The first kappa shape index (κ1) is 36.7. The first-order valence-corrected chi connectivity index (χ1v) is 22.8. The van der Waals surface area contributed by atoms with Gasteiger partial charge in [0.2, 0.25) is 0 Å². The summed E-state index contributed by atoms with van der Waals surface area (Å²) in [5.74, 6) is 0. The molecule has 0 spiro atoms. The van der Waals surface area contributed by atoms with Crippen LogP contribution in [0.3, 0.4) is 0 Å². The predicted octanol–water partition coefficient (Wildman–Crippen LogP) is 7.92. The van der Waals surface area contributed by atoms with E-state index in [1.165, 1.54) is 37.8 Å². The van der Waals surface area contributed by atoms with Gasteiger partial charge in [0, 0.05) is 26.2 Å². The maximum atomic E-state index is 11.9. The number of ether oxygens (including phenoxy) is 2. The third-order valence-electron chi connectivity index (χ3n) is 12.1. The van der Waals surface area contributed by atoms with Gasteiger partial charge < -0.3 is 30.7 Å². The topological polar surface area (TPSA) is 118 Å². The lowest BCUT2D eigenvalue weighted by Crippen LogP contribution is -2.63. The fourth-order valence-corrected chi connectivity index (χ4v) is 23.4. The molecule has 4 saturated heterocycles. The Hall–Kier alpha value is -1.76. The van der Waals surface area contributed by atoms with Gasteiger partial charge in [0.15, 0.2) is 0 Å². The second-order valence-corrected chi connectivity index (χ2v) is 25.3. The summed E-state index contributed by atoms with van der Waals surface area (Å²) in [5, 5.41) is 11.5. The standard InChI is InChI=1S/C20H39N3O3Si.C13H25NO2Si/c1-4-26-20(25)23-11-8-6-5-7-10-21-19(24)22-12-9-13-27-16(2)14-18(27)15-17(27)3;1-4-16-13(15)14-6-5-7-17-10(2)8-12(17)9-11(17)3/h16-18H,4-15H2,1-3H3,(H,23,25)(H2,21,22,24);10-12H,4-9H2,1-3H3,(H,14,15). The molecular weight excluding hydrogens is 589 g/mol. The highest BCUT2D eigenvalue weighted by Gasteiger charge is 2.64. The Labute approximate surface area is 269 Å². The first-order valence-electron chi connectivity index (χ1n) is 17.9. The van der Waals surface area contributed by atoms with Gasteiger partial charge in [-0.15, -0.1) is 0 Å². The van der Waals surface area contributed by atoms with Gasteiger partial charge in [0.1, 0.15) is 0 Å². The molecular formula is C33H64N4O5Si2. The second kappa shape index (κ2) is 17.8. The van der Waals surface area contributed by atoms with E-state index in [0.29, 0.717) is 26.3 Å². The van der Waals surface area contributed by atoms with Crippen molar-refractivity contribution in [2.24, 2.45) is 0 Å². The van der Waals surface area contributed by atoms with Crippen molar-refractivity contribution in [2.75, 3.05) is 39.4 Å². The first-order chi connectivity index (χ1) is 21.1. The van der Waals surface area contributed by atoms with Crippen LogP contribution >= 0.6 is 0 Å². The molecule has 4 rings (SSSR count). The summed E-state index contributed by atoms with van der Waals surface area (Å²) in [5.41, 5.74) is 6.29. The van der Waals surface area contributed by atoms with Crippen molar-refractivity contribution in [3.8, 4) is 0 Å². The van der Waals surface area contributed by atoms with Gasteiger partial charge in [-0.05, 0) is 72.8 Å². The molecule has 4 N–H and O–H groups in total. The number of nitrogens with one attached hydrogen (secondary N) is 4. The zero-order valence-corrected chi connectivity index (χ0v) is 30.7. The number of fused-ring (bicyclic) bond motifs is 2. The number of unbranched alkanes of at least 4 members (excludes halogenated alkanes) is 3. The highest BCUT2D eigenvalue weighted by atomic mass is 28.3. The Morgan fingerprint density at radius 1 is 0.545 bits per heavy atom. The zero-order chi connectivity index (χ0) is 32.2. The van der Waals surface area contributed by atoms with Crippen molar-refractivity contribution in [1.29, 1.82) is 0 Å². The van der Waals surface area contributed by atoms with Crippen molar-refractivity contribution in [1.82, 2.24) is 21.3 Å². The maximum Gasteiger partial charge on any atom is 0.407 e. The van der Waals surface area contributed by atoms with Gasteiger partial charge in [-0.2, -0.15) is 0 Å². The van der Waals surface area contributed by atoms with Gasteiger partial charge in [0.05, 0.1) is 29.4 Å². The molecule has 4 aliphatic rings. The minimum atomic E-state index is -0.963. The normalized spacial score (nSPS) is 32.3. The van der Waals surface area contributed by atoms with E-state index in [0.717, 1.165) is 84.9 Å². The minimum absolute atomic E-state index is 0.0296. The number of rotatable bonds is 17. The molecule has 4 atom stereocenters. The number of carbonyl (C=O) groups is 3. The predicted molar refractivity (Wildman–Crippen MR) is 184 cm³/mol. The molecule has 11 heteroatoms. The van der Waals surface area contributed by atoms with Crippen LogP contribution in [0.2, 0.25) is 45.3 Å². The third-order valence-corrected chi connectivity index (χ3v) is 26.8.